The lowest BCUT2D eigenvalue weighted by atomic mass is 10.1. The molecule has 0 aromatic heterocycles. The first-order valence-corrected chi connectivity index (χ1v) is 4.28. The minimum Gasteiger partial charge on any atom is -0.505 e. The average molecular weight is 237 g/mol. The number of aliphatic hydroxyl groups excluding tert-OH is 1. The first-order valence-electron chi connectivity index (χ1n) is 3.52. The Hall–Kier alpha value is -0.970. The van der Waals surface area contributed by atoms with E-state index < -0.39 is 12.1 Å². The van der Waals surface area contributed by atoms with Gasteiger partial charge in [0.2, 0.25) is 0 Å². The summed E-state index contributed by atoms with van der Waals surface area (Å²) < 4.78 is 0. The minimum absolute atomic E-state index is 0.0188. The van der Waals surface area contributed by atoms with Crippen LogP contribution in [-0.2, 0) is 4.79 Å². The molecule has 0 spiro atoms. The maximum absolute atomic E-state index is 10.4. The molecule has 1 aromatic rings. The molecule has 0 saturated heterocycles. The van der Waals surface area contributed by atoms with E-state index in [1.165, 1.54) is 0 Å². The number of phenols is 1. The van der Waals surface area contributed by atoms with E-state index in [0.29, 0.717) is 0 Å². The lowest BCUT2D eigenvalue weighted by molar-refractivity contribution is -0.146. The van der Waals surface area contributed by atoms with E-state index >= 15 is 0 Å². The molecule has 4 nitrogen and oxygen atoms in total. The lowest BCUT2D eigenvalue weighted by Crippen LogP contribution is -2.10. The Morgan fingerprint density at radius 2 is 1.71 bits per heavy atom. The second-order valence-corrected chi connectivity index (χ2v) is 3.39. The predicted octanol–water partition coefficient (Wildman–Crippen LogP) is 1.82. The van der Waals surface area contributed by atoms with E-state index in [4.69, 9.17) is 38.5 Å². The third-order valence-corrected chi connectivity index (χ3v) is 2.17. The molecule has 6 heteroatoms. The molecule has 1 unspecified atom stereocenters. The molecule has 1 rings (SSSR count). The van der Waals surface area contributed by atoms with Gasteiger partial charge >= 0.3 is 5.97 Å². The quantitative estimate of drug-likeness (QED) is 0.732. The summed E-state index contributed by atoms with van der Waals surface area (Å²) in [4.78, 5) is 10.4. The first kappa shape index (κ1) is 11.1. The van der Waals surface area contributed by atoms with Gasteiger partial charge in [-0.2, -0.15) is 0 Å². The van der Waals surface area contributed by atoms with E-state index in [9.17, 15) is 4.79 Å². The first-order chi connectivity index (χ1) is 6.43. The summed E-state index contributed by atoms with van der Waals surface area (Å²) in [7, 11) is 0. The van der Waals surface area contributed by atoms with Crippen molar-refractivity contribution >= 4 is 29.2 Å². The fourth-order valence-electron chi connectivity index (χ4n) is 0.886. The monoisotopic (exact) mass is 236 g/mol. The number of carboxylic acid groups (broad SMARTS) is 1. The highest BCUT2D eigenvalue weighted by Gasteiger charge is 2.18. The van der Waals surface area contributed by atoms with Crippen LogP contribution in [0.15, 0.2) is 12.1 Å². The molecule has 14 heavy (non-hydrogen) atoms. The number of carboxylic acids is 1. The van der Waals surface area contributed by atoms with Crippen molar-refractivity contribution in [2.45, 2.75) is 6.10 Å². The van der Waals surface area contributed by atoms with E-state index in [0.717, 1.165) is 12.1 Å². The lowest BCUT2D eigenvalue weighted by Gasteiger charge is -2.08. The van der Waals surface area contributed by atoms with Crippen molar-refractivity contribution in [3.8, 4) is 5.75 Å². The Bertz CT molecular complexity index is 355. The number of hydrogen-bond acceptors (Lipinski definition) is 3. The minimum atomic E-state index is -1.70. The molecule has 3 N–H and O–H groups in total. The van der Waals surface area contributed by atoms with Crippen molar-refractivity contribution in [2.75, 3.05) is 0 Å². The van der Waals surface area contributed by atoms with Crippen LogP contribution in [-0.4, -0.2) is 21.3 Å². The van der Waals surface area contributed by atoms with Gasteiger partial charge in [0.1, 0.15) is 0 Å². The molecule has 0 saturated carbocycles. The van der Waals surface area contributed by atoms with Crippen LogP contribution in [0.2, 0.25) is 10.0 Å². The fourth-order valence-corrected chi connectivity index (χ4v) is 1.39. The number of phenolic OH excluding ortho intramolecular Hbond substituents is 1. The topological polar surface area (TPSA) is 77.8 Å². The fraction of sp³-hybridized carbons (Fsp3) is 0.125. The highest BCUT2D eigenvalue weighted by Crippen LogP contribution is 2.34. The summed E-state index contributed by atoms with van der Waals surface area (Å²) in [5.74, 6) is -1.75. The van der Waals surface area contributed by atoms with Gasteiger partial charge in [-0.25, -0.2) is 4.79 Å². The summed E-state index contributed by atoms with van der Waals surface area (Å²) in [6.45, 7) is 0. The number of hydrogen-bond donors (Lipinski definition) is 3. The number of benzene rings is 1. The van der Waals surface area contributed by atoms with Gasteiger partial charge in [-0.15, -0.1) is 0 Å². The number of aliphatic hydroxyl groups is 1. The largest absolute Gasteiger partial charge is 0.505 e. The summed E-state index contributed by atoms with van der Waals surface area (Å²) >= 11 is 11.1. The molecule has 0 bridgehead atoms. The average Bonchev–Trinajstić information content (AvgIpc) is 2.12. The van der Waals surface area contributed by atoms with Crippen molar-refractivity contribution in [1.29, 1.82) is 0 Å². The molecule has 76 valence electrons. The van der Waals surface area contributed by atoms with Gasteiger partial charge in [0.25, 0.3) is 0 Å². The highest BCUT2D eigenvalue weighted by atomic mass is 35.5. The van der Waals surface area contributed by atoms with E-state index in [1.807, 2.05) is 0 Å². The Morgan fingerprint density at radius 3 is 2.07 bits per heavy atom. The zero-order chi connectivity index (χ0) is 10.9. The van der Waals surface area contributed by atoms with Crippen LogP contribution in [0.5, 0.6) is 5.75 Å². The van der Waals surface area contributed by atoms with Crippen LogP contribution >= 0.6 is 23.2 Å². The molecule has 0 aliphatic carbocycles. The van der Waals surface area contributed by atoms with E-state index in [1.54, 1.807) is 0 Å². The number of halogens is 2. The molecule has 1 aromatic carbocycles. The van der Waals surface area contributed by atoms with Gasteiger partial charge in [0.15, 0.2) is 11.9 Å². The summed E-state index contributed by atoms with van der Waals surface area (Å²) in [6.07, 6.45) is -1.70. The molecule has 0 heterocycles. The van der Waals surface area contributed by atoms with Crippen LogP contribution in [0, 0.1) is 0 Å². The molecule has 0 aliphatic heterocycles. The number of aliphatic carboxylic acids is 1. The third-order valence-electron chi connectivity index (χ3n) is 1.59. The second kappa shape index (κ2) is 4.04. The van der Waals surface area contributed by atoms with Crippen molar-refractivity contribution in [3.63, 3.8) is 0 Å². The SMILES string of the molecule is O=C(O)C(O)c1cc(Cl)c(O)c(Cl)c1. The van der Waals surface area contributed by atoms with Crippen molar-refractivity contribution in [1.82, 2.24) is 0 Å². The Labute approximate surface area is 89.3 Å². The Balaban J connectivity index is 3.19. The Kier molecular flexibility index (Phi) is 3.21. The Morgan fingerprint density at radius 1 is 1.29 bits per heavy atom. The van der Waals surface area contributed by atoms with Crippen LogP contribution in [0.25, 0.3) is 0 Å². The van der Waals surface area contributed by atoms with Crippen LogP contribution in [0.1, 0.15) is 11.7 Å². The van der Waals surface area contributed by atoms with Gasteiger partial charge in [-0.05, 0) is 17.7 Å². The maximum atomic E-state index is 10.4. The molecular weight excluding hydrogens is 231 g/mol. The smallest absolute Gasteiger partial charge is 0.337 e. The van der Waals surface area contributed by atoms with Gasteiger partial charge < -0.3 is 15.3 Å². The standard InChI is InChI=1S/C8H6Cl2O4/c9-4-1-3(6(11)8(13)14)2-5(10)7(4)12/h1-2,6,11-12H,(H,13,14). The normalized spacial score (nSPS) is 12.5. The summed E-state index contributed by atoms with van der Waals surface area (Å²) in [5.41, 5.74) is 0.0188. The zero-order valence-electron chi connectivity index (χ0n) is 6.74. The number of carbonyl (C=O) groups is 1. The zero-order valence-corrected chi connectivity index (χ0v) is 8.25. The number of aromatic hydroxyl groups is 1. The van der Waals surface area contributed by atoms with Gasteiger partial charge in [-0.1, -0.05) is 23.2 Å². The summed E-state index contributed by atoms with van der Waals surface area (Å²) in [6, 6.07) is 2.28. The molecule has 1 atom stereocenters. The highest BCUT2D eigenvalue weighted by molar-refractivity contribution is 6.37. The van der Waals surface area contributed by atoms with Crippen LogP contribution in [0.4, 0.5) is 0 Å². The number of rotatable bonds is 2. The van der Waals surface area contributed by atoms with E-state index in [2.05, 4.69) is 0 Å². The molecular formula is C8H6Cl2O4. The molecule has 0 aliphatic rings. The van der Waals surface area contributed by atoms with Crippen LogP contribution in [0.3, 0.4) is 0 Å². The molecule has 0 fully saturated rings. The van der Waals surface area contributed by atoms with E-state index in [-0.39, 0.29) is 21.4 Å². The third kappa shape index (κ3) is 2.09. The van der Waals surface area contributed by atoms with Crippen molar-refractivity contribution in [2.24, 2.45) is 0 Å². The second-order valence-electron chi connectivity index (χ2n) is 2.57. The van der Waals surface area contributed by atoms with Crippen molar-refractivity contribution in [3.05, 3.63) is 27.7 Å². The van der Waals surface area contributed by atoms with Gasteiger partial charge in [0.05, 0.1) is 10.0 Å². The summed E-state index contributed by atoms with van der Waals surface area (Å²) in [5, 5.41) is 26.6. The molecule has 0 amide bonds. The van der Waals surface area contributed by atoms with Gasteiger partial charge in [-0.3, -0.25) is 0 Å². The maximum Gasteiger partial charge on any atom is 0.337 e. The van der Waals surface area contributed by atoms with Crippen molar-refractivity contribution < 1.29 is 20.1 Å². The molecule has 0 radical (unpaired) electrons. The van der Waals surface area contributed by atoms with Crippen LogP contribution < -0.4 is 0 Å². The predicted molar refractivity (Wildman–Crippen MR) is 50.7 cm³/mol. The van der Waals surface area contributed by atoms with Gasteiger partial charge in [0, 0.05) is 0 Å².